The average Bonchev–Trinajstić information content (AvgIpc) is 2.54. The van der Waals surface area contributed by atoms with Gasteiger partial charge in [-0.15, -0.1) is 0 Å². The minimum Gasteiger partial charge on any atom is -0.393 e. The van der Waals surface area contributed by atoms with Crippen molar-refractivity contribution in [3.05, 3.63) is 58.4 Å². The zero-order valence-electron chi connectivity index (χ0n) is 13.2. The molecule has 0 atom stereocenters. The van der Waals surface area contributed by atoms with Gasteiger partial charge in [0, 0.05) is 11.3 Å². The van der Waals surface area contributed by atoms with E-state index in [4.69, 9.17) is 9.94 Å². The lowest BCUT2D eigenvalue weighted by atomic mass is 10.1. The number of rotatable bonds is 6. The summed E-state index contributed by atoms with van der Waals surface area (Å²) in [5.41, 5.74) is 2.11. The van der Waals surface area contributed by atoms with Gasteiger partial charge in [-0.25, -0.2) is 13.2 Å². The van der Waals surface area contributed by atoms with Crippen LogP contribution in [0.15, 0.2) is 29.4 Å². The van der Waals surface area contributed by atoms with Crippen molar-refractivity contribution >= 4 is 17.6 Å². The van der Waals surface area contributed by atoms with Crippen molar-refractivity contribution in [2.45, 2.75) is 13.8 Å². The number of hydrogen-bond acceptors (Lipinski definition) is 4. The number of benzene rings is 2. The molecule has 0 heterocycles. The van der Waals surface area contributed by atoms with Crippen LogP contribution < -0.4 is 5.32 Å². The summed E-state index contributed by atoms with van der Waals surface area (Å²) in [6, 6.07) is 6.22. The summed E-state index contributed by atoms with van der Waals surface area (Å²) in [7, 11) is 0. The predicted octanol–water partition coefficient (Wildman–Crippen LogP) is 3.81. The Bertz CT molecular complexity index is 764. The maximum absolute atomic E-state index is 14.2. The Hall–Kier alpha value is -2.54. The van der Waals surface area contributed by atoms with Crippen LogP contribution >= 0.6 is 0 Å². The summed E-state index contributed by atoms with van der Waals surface area (Å²) < 4.78 is 41.2. The van der Waals surface area contributed by atoms with Crippen LogP contribution in [0.1, 0.15) is 16.7 Å². The van der Waals surface area contributed by atoms with E-state index in [1.807, 2.05) is 26.0 Å². The maximum atomic E-state index is 14.2. The molecule has 2 aromatic rings. The topological polar surface area (TPSA) is 53.9 Å². The third kappa shape index (κ3) is 4.05. The Balaban J connectivity index is 2.42. The van der Waals surface area contributed by atoms with Gasteiger partial charge >= 0.3 is 0 Å². The van der Waals surface area contributed by atoms with Crippen LogP contribution in [-0.2, 0) is 4.84 Å². The molecule has 0 spiro atoms. The van der Waals surface area contributed by atoms with Gasteiger partial charge in [-0.3, -0.25) is 0 Å². The second-order valence-electron chi connectivity index (χ2n) is 5.19. The van der Waals surface area contributed by atoms with Gasteiger partial charge in [-0.2, -0.15) is 0 Å². The van der Waals surface area contributed by atoms with Gasteiger partial charge in [0.25, 0.3) is 0 Å². The zero-order valence-corrected chi connectivity index (χ0v) is 13.2. The number of nitrogens with one attached hydrogen (secondary N) is 1. The minimum atomic E-state index is -1.57. The lowest BCUT2D eigenvalue weighted by Gasteiger charge is -2.14. The summed E-state index contributed by atoms with van der Waals surface area (Å²) in [4.78, 5) is 4.69. The third-order valence-corrected chi connectivity index (χ3v) is 3.28. The van der Waals surface area contributed by atoms with Gasteiger partial charge in [-0.1, -0.05) is 22.9 Å². The molecule has 0 aliphatic heterocycles. The molecule has 0 radical (unpaired) electrons. The van der Waals surface area contributed by atoms with Crippen molar-refractivity contribution < 1.29 is 23.1 Å². The highest BCUT2D eigenvalue weighted by molar-refractivity contribution is 5.89. The summed E-state index contributed by atoms with van der Waals surface area (Å²) in [6.45, 7) is 3.40. The highest BCUT2D eigenvalue weighted by Gasteiger charge is 2.18. The molecule has 0 saturated carbocycles. The first-order chi connectivity index (χ1) is 11.4. The summed E-state index contributed by atoms with van der Waals surface area (Å²) in [6.07, 6.45) is 1.05. The predicted molar refractivity (Wildman–Crippen MR) is 86.1 cm³/mol. The van der Waals surface area contributed by atoms with Gasteiger partial charge in [0.1, 0.15) is 6.61 Å². The first-order valence-electron chi connectivity index (χ1n) is 7.22. The van der Waals surface area contributed by atoms with Gasteiger partial charge in [-0.05, 0) is 31.5 Å². The molecule has 4 nitrogen and oxygen atoms in total. The molecule has 0 aromatic heterocycles. The quantitative estimate of drug-likeness (QED) is 0.364. The summed E-state index contributed by atoms with van der Waals surface area (Å²) >= 11 is 0. The molecule has 0 bridgehead atoms. The standard InChI is InChI=1S/C17H17F3N2O2/c1-10-3-4-14(11(2)7-10)22-17-12(9-21-24-6-5-23)8-13(18)15(19)16(17)20/h3-4,7-9,22-23H,5-6H2,1-2H3/b21-9+. The second kappa shape index (κ2) is 7.83. The number of aryl methyl sites for hydroxylation is 2. The lowest BCUT2D eigenvalue weighted by molar-refractivity contribution is 0.0997. The molecule has 0 fully saturated rings. The second-order valence-corrected chi connectivity index (χ2v) is 5.19. The van der Waals surface area contributed by atoms with Crippen molar-refractivity contribution in [1.29, 1.82) is 0 Å². The van der Waals surface area contributed by atoms with E-state index in [9.17, 15) is 13.2 Å². The highest BCUT2D eigenvalue weighted by Crippen LogP contribution is 2.29. The lowest BCUT2D eigenvalue weighted by Crippen LogP contribution is -2.05. The molecule has 0 amide bonds. The number of aliphatic hydroxyl groups is 1. The number of hydrogen-bond donors (Lipinski definition) is 2. The van der Waals surface area contributed by atoms with E-state index < -0.39 is 17.5 Å². The summed E-state index contributed by atoms with van der Waals surface area (Å²) in [5, 5.41) is 14.9. The average molecular weight is 338 g/mol. The molecule has 0 aliphatic rings. The molecule has 0 unspecified atom stereocenters. The molecule has 24 heavy (non-hydrogen) atoms. The minimum absolute atomic E-state index is 0.0238. The Morgan fingerprint density at radius 2 is 1.92 bits per heavy atom. The molecule has 2 aromatic carbocycles. The van der Waals surface area contributed by atoms with Crippen LogP contribution in [0.3, 0.4) is 0 Å². The van der Waals surface area contributed by atoms with Crippen LogP contribution in [-0.4, -0.2) is 24.5 Å². The number of halogens is 3. The molecule has 128 valence electrons. The van der Waals surface area contributed by atoms with Crippen molar-refractivity contribution in [3.63, 3.8) is 0 Å². The highest BCUT2D eigenvalue weighted by atomic mass is 19.2. The number of nitrogens with zero attached hydrogens (tertiary/aromatic N) is 1. The number of anilines is 2. The first-order valence-corrected chi connectivity index (χ1v) is 7.22. The van der Waals surface area contributed by atoms with E-state index >= 15 is 0 Å². The smallest absolute Gasteiger partial charge is 0.196 e. The Labute approximate surface area is 137 Å². The van der Waals surface area contributed by atoms with Crippen LogP contribution in [0.2, 0.25) is 0 Å². The molecule has 0 saturated heterocycles. The molecule has 7 heteroatoms. The molecule has 2 rings (SSSR count). The monoisotopic (exact) mass is 338 g/mol. The van der Waals surface area contributed by atoms with Crippen molar-refractivity contribution in [3.8, 4) is 0 Å². The Kier molecular flexibility index (Phi) is 5.81. The Morgan fingerprint density at radius 3 is 2.58 bits per heavy atom. The fourth-order valence-electron chi connectivity index (χ4n) is 2.12. The van der Waals surface area contributed by atoms with E-state index in [1.54, 1.807) is 6.07 Å². The number of aliphatic hydroxyl groups excluding tert-OH is 1. The van der Waals surface area contributed by atoms with Gasteiger partial charge < -0.3 is 15.3 Å². The molecular formula is C17H17F3N2O2. The van der Waals surface area contributed by atoms with Crippen LogP contribution in [0, 0.1) is 31.3 Å². The summed E-state index contributed by atoms with van der Waals surface area (Å²) in [5.74, 6) is -4.25. The van der Waals surface area contributed by atoms with Gasteiger partial charge in [0.15, 0.2) is 17.5 Å². The molecular weight excluding hydrogens is 321 g/mol. The fraction of sp³-hybridized carbons (Fsp3) is 0.235. The molecule has 0 aliphatic carbocycles. The normalized spacial score (nSPS) is 11.1. The van der Waals surface area contributed by atoms with E-state index in [2.05, 4.69) is 10.5 Å². The van der Waals surface area contributed by atoms with Crippen molar-refractivity contribution in [2.75, 3.05) is 18.5 Å². The van der Waals surface area contributed by atoms with E-state index in [-0.39, 0.29) is 24.5 Å². The van der Waals surface area contributed by atoms with Crippen LogP contribution in [0.4, 0.5) is 24.5 Å². The number of oxime groups is 1. The van der Waals surface area contributed by atoms with E-state index in [0.717, 1.165) is 23.4 Å². The molecule has 2 N–H and O–H groups in total. The van der Waals surface area contributed by atoms with Crippen LogP contribution in [0.5, 0.6) is 0 Å². The first kappa shape index (κ1) is 17.8. The van der Waals surface area contributed by atoms with Gasteiger partial charge in [0.2, 0.25) is 0 Å². The van der Waals surface area contributed by atoms with E-state index in [0.29, 0.717) is 5.69 Å². The Morgan fingerprint density at radius 1 is 1.17 bits per heavy atom. The zero-order chi connectivity index (χ0) is 17.7. The largest absolute Gasteiger partial charge is 0.393 e. The SMILES string of the molecule is Cc1ccc(Nc2c(/C=N/OCCO)cc(F)c(F)c2F)c(C)c1. The van der Waals surface area contributed by atoms with Crippen LogP contribution in [0.25, 0.3) is 0 Å². The van der Waals surface area contributed by atoms with E-state index in [1.165, 1.54) is 0 Å². The van der Waals surface area contributed by atoms with Crippen molar-refractivity contribution in [2.24, 2.45) is 5.16 Å². The third-order valence-electron chi connectivity index (χ3n) is 3.28. The maximum Gasteiger partial charge on any atom is 0.196 e. The van der Waals surface area contributed by atoms with Crippen molar-refractivity contribution in [1.82, 2.24) is 0 Å². The fourth-order valence-corrected chi connectivity index (χ4v) is 2.12. The van der Waals surface area contributed by atoms with Gasteiger partial charge in [0.05, 0.1) is 18.5 Å².